The van der Waals surface area contributed by atoms with E-state index in [4.69, 9.17) is 11.6 Å². The molecule has 1 aliphatic rings. The van der Waals surface area contributed by atoms with E-state index in [0.29, 0.717) is 43.3 Å². The maximum absolute atomic E-state index is 13.1. The first-order chi connectivity index (χ1) is 21.5. The SMILES string of the molecule is CCCCCCCCCCCC(=O)N1CCN(C(=O)CCCSc2nnc(-c3ccccc3Cl)n2-c2ccccc2)CC1C. The van der Waals surface area contributed by atoms with Crippen LogP contribution in [0, 0.1) is 0 Å². The van der Waals surface area contributed by atoms with Crippen molar-refractivity contribution < 1.29 is 9.59 Å². The highest BCUT2D eigenvalue weighted by Crippen LogP contribution is 2.32. The normalized spacial score (nSPS) is 15.1. The second-order valence-corrected chi connectivity index (χ2v) is 13.2. The highest BCUT2D eigenvalue weighted by molar-refractivity contribution is 7.99. The highest BCUT2D eigenvalue weighted by atomic mass is 35.5. The first-order valence-electron chi connectivity index (χ1n) is 16.5. The van der Waals surface area contributed by atoms with E-state index in [0.717, 1.165) is 41.4 Å². The predicted octanol–water partition coefficient (Wildman–Crippen LogP) is 8.44. The van der Waals surface area contributed by atoms with Crippen molar-refractivity contribution in [2.45, 2.75) is 102 Å². The summed E-state index contributed by atoms with van der Waals surface area (Å²) in [5.74, 6) is 1.83. The standard InChI is InChI=1S/C35H48ClN5O2S/c1-3-4-5-6-7-8-9-10-14-22-33(43)40-25-24-39(27-28(40)2)32(42)23-17-26-44-35-38-37-34(30-20-15-16-21-31(30)36)41(35)29-18-12-11-13-19-29/h11-13,15-16,18-21,28H,3-10,14,17,22-27H2,1-2H3. The number of piperazine rings is 1. The van der Waals surface area contributed by atoms with E-state index in [9.17, 15) is 9.59 Å². The molecule has 2 heterocycles. The number of rotatable bonds is 17. The molecule has 0 spiro atoms. The quantitative estimate of drug-likeness (QED) is 0.110. The molecule has 4 rings (SSSR count). The van der Waals surface area contributed by atoms with Crippen LogP contribution < -0.4 is 0 Å². The number of para-hydroxylation sites is 1. The van der Waals surface area contributed by atoms with Gasteiger partial charge in [-0.05, 0) is 44.0 Å². The third-order valence-electron chi connectivity index (χ3n) is 8.32. The van der Waals surface area contributed by atoms with Crippen LogP contribution in [0.3, 0.4) is 0 Å². The monoisotopic (exact) mass is 637 g/mol. The fraction of sp³-hybridized carbons (Fsp3) is 0.543. The minimum atomic E-state index is 0.0563. The molecule has 1 fully saturated rings. The van der Waals surface area contributed by atoms with Gasteiger partial charge < -0.3 is 9.80 Å². The van der Waals surface area contributed by atoms with Crippen molar-refractivity contribution in [3.05, 3.63) is 59.6 Å². The number of unbranched alkanes of at least 4 members (excludes halogenated alkanes) is 8. The molecule has 0 bridgehead atoms. The van der Waals surface area contributed by atoms with Gasteiger partial charge in [0.2, 0.25) is 11.8 Å². The predicted molar refractivity (Wildman–Crippen MR) is 181 cm³/mol. The summed E-state index contributed by atoms with van der Waals surface area (Å²) in [4.78, 5) is 29.9. The zero-order chi connectivity index (χ0) is 31.1. The number of amides is 2. The van der Waals surface area contributed by atoms with Gasteiger partial charge in [0.15, 0.2) is 11.0 Å². The first kappa shape index (κ1) is 34.0. The summed E-state index contributed by atoms with van der Waals surface area (Å²) in [6, 6.07) is 17.7. The molecule has 0 N–H and O–H groups in total. The zero-order valence-electron chi connectivity index (χ0n) is 26.4. The first-order valence-corrected chi connectivity index (χ1v) is 17.8. The van der Waals surface area contributed by atoms with Gasteiger partial charge in [-0.1, -0.05) is 112 Å². The molecule has 9 heteroatoms. The second-order valence-electron chi connectivity index (χ2n) is 11.8. The lowest BCUT2D eigenvalue weighted by atomic mass is 10.1. The van der Waals surface area contributed by atoms with Gasteiger partial charge in [0.05, 0.1) is 5.02 Å². The number of thioether (sulfide) groups is 1. The third-order valence-corrected chi connectivity index (χ3v) is 9.67. The lowest BCUT2D eigenvalue weighted by Crippen LogP contribution is -2.55. The van der Waals surface area contributed by atoms with Crippen molar-refractivity contribution in [1.82, 2.24) is 24.6 Å². The van der Waals surface area contributed by atoms with Crippen LogP contribution in [0.4, 0.5) is 0 Å². The van der Waals surface area contributed by atoms with Gasteiger partial charge in [-0.25, -0.2) is 0 Å². The van der Waals surface area contributed by atoms with Crippen molar-refractivity contribution in [1.29, 1.82) is 0 Å². The van der Waals surface area contributed by atoms with Gasteiger partial charge in [0, 0.05) is 55.5 Å². The van der Waals surface area contributed by atoms with Crippen LogP contribution in [0.1, 0.15) is 90.9 Å². The smallest absolute Gasteiger partial charge is 0.222 e. The summed E-state index contributed by atoms with van der Waals surface area (Å²) < 4.78 is 2.03. The maximum atomic E-state index is 13.1. The van der Waals surface area contributed by atoms with Crippen molar-refractivity contribution in [2.24, 2.45) is 0 Å². The van der Waals surface area contributed by atoms with Crippen molar-refractivity contribution in [3.8, 4) is 17.1 Å². The number of carbonyl (C=O) groups is 2. The van der Waals surface area contributed by atoms with Gasteiger partial charge in [-0.2, -0.15) is 0 Å². The maximum Gasteiger partial charge on any atom is 0.222 e. The van der Waals surface area contributed by atoms with E-state index >= 15 is 0 Å². The number of carbonyl (C=O) groups excluding carboxylic acids is 2. The number of hydrogen-bond acceptors (Lipinski definition) is 5. The molecule has 3 aromatic rings. The number of hydrogen-bond donors (Lipinski definition) is 0. The Morgan fingerprint density at radius 3 is 2.18 bits per heavy atom. The molecule has 238 valence electrons. The Bertz CT molecular complexity index is 1320. The Balaban J connectivity index is 1.19. The van der Waals surface area contributed by atoms with E-state index in [1.165, 1.54) is 44.9 Å². The second kappa shape index (κ2) is 18.2. The van der Waals surface area contributed by atoms with E-state index in [-0.39, 0.29) is 17.9 Å². The number of halogens is 1. The molecule has 1 atom stereocenters. The summed E-state index contributed by atoms with van der Waals surface area (Å²) in [7, 11) is 0. The van der Waals surface area contributed by atoms with Crippen molar-refractivity contribution in [2.75, 3.05) is 25.4 Å². The van der Waals surface area contributed by atoms with Gasteiger partial charge >= 0.3 is 0 Å². The molecule has 0 aliphatic carbocycles. The molecule has 2 amide bonds. The Hall–Kier alpha value is -2.84. The molecule has 1 saturated heterocycles. The highest BCUT2D eigenvalue weighted by Gasteiger charge is 2.29. The molecule has 1 aliphatic heterocycles. The Kier molecular flexibility index (Phi) is 14.1. The van der Waals surface area contributed by atoms with E-state index in [2.05, 4.69) is 24.0 Å². The lowest BCUT2D eigenvalue weighted by molar-refractivity contribution is -0.142. The summed E-state index contributed by atoms with van der Waals surface area (Å²) in [6.07, 6.45) is 13.1. The van der Waals surface area contributed by atoms with E-state index in [1.54, 1.807) is 11.8 Å². The van der Waals surface area contributed by atoms with Gasteiger partial charge in [-0.15, -0.1) is 10.2 Å². The number of benzene rings is 2. The summed E-state index contributed by atoms with van der Waals surface area (Å²) in [6.45, 7) is 6.17. The molecule has 7 nitrogen and oxygen atoms in total. The van der Waals surface area contributed by atoms with Crippen LogP contribution in [0.2, 0.25) is 5.02 Å². The van der Waals surface area contributed by atoms with Crippen molar-refractivity contribution >= 4 is 35.2 Å². The Labute approximate surface area is 272 Å². The third kappa shape index (κ3) is 9.83. The Morgan fingerprint density at radius 2 is 1.48 bits per heavy atom. The van der Waals surface area contributed by atoms with Gasteiger partial charge in [0.1, 0.15) is 0 Å². The fourth-order valence-electron chi connectivity index (χ4n) is 5.82. The molecular weight excluding hydrogens is 590 g/mol. The van der Waals surface area contributed by atoms with E-state index in [1.807, 2.05) is 69.0 Å². The van der Waals surface area contributed by atoms with Crippen LogP contribution in [0.25, 0.3) is 17.1 Å². The molecule has 1 aromatic heterocycles. The van der Waals surface area contributed by atoms with Gasteiger partial charge in [0.25, 0.3) is 0 Å². The molecule has 1 unspecified atom stereocenters. The van der Waals surface area contributed by atoms with Crippen LogP contribution >= 0.6 is 23.4 Å². The summed E-state index contributed by atoms with van der Waals surface area (Å²) in [5.41, 5.74) is 1.79. The average Bonchev–Trinajstić information content (AvgIpc) is 3.46. The topological polar surface area (TPSA) is 71.3 Å². The molecule has 2 aromatic carbocycles. The van der Waals surface area contributed by atoms with Crippen LogP contribution in [-0.2, 0) is 9.59 Å². The molecule has 0 saturated carbocycles. The van der Waals surface area contributed by atoms with Crippen LogP contribution in [0.15, 0.2) is 59.8 Å². The average molecular weight is 638 g/mol. The fourth-order valence-corrected chi connectivity index (χ4v) is 6.93. The molecule has 44 heavy (non-hydrogen) atoms. The largest absolute Gasteiger partial charge is 0.339 e. The van der Waals surface area contributed by atoms with Gasteiger partial charge in [-0.3, -0.25) is 14.2 Å². The number of aromatic nitrogens is 3. The molecular formula is C35H48ClN5O2S. The summed E-state index contributed by atoms with van der Waals surface area (Å²) in [5, 5.41) is 10.4. The van der Waals surface area contributed by atoms with E-state index < -0.39 is 0 Å². The lowest BCUT2D eigenvalue weighted by Gasteiger charge is -2.40. The minimum Gasteiger partial charge on any atom is -0.339 e. The zero-order valence-corrected chi connectivity index (χ0v) is 28.0. The minimum absolute atomic E-state index is 0.0563. The van der Waals surface area contributed by atoms with Crippen LogP contribution in [0.5, 0.6) is 0 Å². The summed E-state index contributed by atoms with van der Waals surface area (Å²) >= 11 is 8.10. The van der Waals surface area contributed by atoms with Crippen LogP contribution in [-0.4, -0.2) is 67.8 Å². The number of nitrogens with zero attached hydrogens (tertiary/aromatic N) is 5. The van der Waals surface area contributed by atoms with Crippen molar-refractivity contribution in [3.63, 3.8) is 0 Å². The molecule has 0 radical (unpaired) electrons. The Morgan fingerprint density at radius 1 is 0.818 bits per heavy atom.